The second-order valence-electron chi connectivity index (χ2n) is 7.96. The lowest BCUT2D eigenvalue weighted by Gasteiger charge is -2.09. The first kappa shape index (κ1) is 22.9. The summed E-state index contributed by atoms with van der Waals surface area (Å²) in [6, 6.07) is 19.3. The number of aryl methyl sites for hydroxylation is 1. The van der Waals surface area contributed by atoms with Crippen LogP contribution in [0.3, 0.4) is 0 Å². The second kappa shape index (κ2) is 9.33. The van der Waals surface area contributed by atoms with Crippen LogP contribution in [0.5, 0.6) is 5.88 Å². The predicted molar refractivity (Wildman–Crippen MR) is 130 cm³/mol. The van der Waals surface area contributed by atoms with E-state index in [1.807, 2.05) is 49.4 Å². The van der Waals surface area contributed by atoms with Crippen LogP contribution in [0.15, 0.2) is 71.7 Å². The van der Waals surface area contributed by atoms with Gasteiger partial charge in [-0.05, 0) is 54.4 Å². The lowest BCUT2D eigenvalue weighted by Crippen LogP contribution is -2.07. The lowest BCUT2D eigenvalue weighted by molar-refractivity contribution is 0.0696. The second-order valence-corrected chi connectivity index (χ2v) is 7.96. The van der Waals surface area contributed by atoms with Crippen LogP contribution in [0.1, 0.15) is 44.3 Å². The first-order valence-corrected chi connectivity index (χ1v) is 10.7. The van der Waals surface area contributed by atoms with Gasteiger partial charge in [-0.2, -0.15) is 0 Å². The van der Waals surface area contributed by atoms with Gasteiger partial charge >= 0.3 is 5.97 Å². The minimum absolute atomic E-state index is 0.150. The Bertz CT molecular complexity index is 1420. The highest BCUT2D eigenvalue weighted by Gasteiger charge is 2.25. The van der Waals surface area contributed by atoms with Crippen LogP contribution in [-0.2, 0) is 11.3 Å². The third-order valence-electron chi connectivity index (χ3n) is 5.65. The van der Waals surface area contributed by atoms with Gasteiger partial charge in [-0.1, -0.05) is 30.3 Å². The number of aromatic hydroxyl groups is 1. The molecule has 7 heteroatoms. The SMILES string of the molecule is COCc1cc2c(cc1C)c(C(=Nc1ccc(C(=O)O)cc1)c1ccccc1)c(O)n2C(C)=O. The smallest absolute Gasteiger partial charge is 0.335 e. The Labute approximate surface area is 196 Å². The number of carboxylic acids is 1. The zero-order valence-corrected chi connectivity index (χ0v) is 19.1. The van der Waals surface area contributed by atoms with E-state index < -0.39 is 5.97 Å². The summed E-state index contributed by atoms with van der Waals surface area (Å²) in [5.41, 5.74) is 4.70. The standard InChI is InChI=1S/C27H24N2O5/c1-16-13-22-23(14-20(16)15-34-3)29(17(2)30)26(31)24(22)25(18-7-5-4-6-8-18)28-21-11-9-19(10-12-21)27(32)33/h4-14,31H,15H2,1-3H3,(H,32,33). The number of ether oxygens (including phenoxy) is 1. The number of fused-ring (bicyclic) bond motifs is 1. The van der Waals surface area contributed by atoms with Crippen LogP contribution in [0, 0.1) is 6.92 Å². The van der Waals surface area contributed by atoms with E-state index in [9.17, 15) is 19.8 Å². The van der Waals surface area contributed by atoms with Crippen molar-refractivity contribution in [3.63, 3.8) is 0 Å². The summed E-state index contributed by atoms with van der Waals surface area (Å²) in [4.78, 5) is 28.6. The molecule has 0 saturated carbocycles. The summed E-state index contributed by atoms with van der Waals surface area (Å²) in [5.74, 6) is -1.57. The lowest BCUT2D eigenvalue weighted by atomic mass is 9.98. The van der Waals surface area contributed by atoms with Crippen molar-refractivity contribution in [1.29, 1.82) is 0 Å². The molecule has 2 N–H and O–H groups in total. The van der Waals surface area contributed by atoms with Crippen molar-refractivity contribution in [2.75, 3.05) is 7.11 Å². The van der Waals surface area contributed by atoms with Crippen molar-refractivity contribution in [3.8, 4) is 5.88 Å². The third-order valence-corrected chi connectivity index (χ3v) is 5.65. The summed E-state index contributed by atoms with van der Waals surface area (Å²) >= 11 is 0. The largest absolute Gasteiger partial charge is 0.494 e. The van der Waals surface area contributed by atoms with E-state index in [0.29, 0.717) is 34.5 Å². The molecule has 0 aliphatic rings. The molecule has 34 heavy (non-hydrogen) atoms. The summed E-state index contributed by atoms with van der Waals surface area (Å²) < 4.78 is 6.57. The molecule has 0 bridgehead atoms. The molecule has 7 nitrogen and oxygen atoms in total. The number of hydrogen-bond acceptors (Lipinski definition) is 5. The maximum Gasteiger partial charge on any atom is 0.335 e. The monoisotopic (exact) mass is 456 g/mol. The Kier molecular flexibility index (Phi) is 6.30. The molecule has 4 rings (SSSR count). The number of aliphatic imine (C=N–C) groups is 1. The fourth-order valence-corrected chi connectivity index (χ4v) is 4.00. The minimum atomic E-state index is -1.02. The van der Waals surface area contributed by atoms with Gasteiger partial charge in [0.1, 0.15) is 0 Å². The Morgan fingerprint density at radius 3 is 2.26 bits per heavy atom. The quantitative estimate of drug-likeness (QED) is 0.382. The molecule has 1 aromatic heterocycles. The van der Waals surface area contributed by atoms with Crippen molar-refractivity contribution in [1.82, 2.24) is 4.57 Å². The van der Waals surface area contributed by atoms with Gasteiger partial charge in [0.2, 0.25) is 11.8 Å². The fraction of sp³-hybridized carbons (Fsp3) is 0.148. The fourth-order valence-electron chi connectivity index (χ4n) is 4.00. The van der Waals surface area contributed by atoms with Crippen LogP contribution in [0.4, 0.5) is 5.69 Å². The molecular weight excluding hydrogens is 432 g/mol. The van der Waals surface area contributed by atoms with E-state index in [0.717, 1.165) is 16.7 Å². The van der Waals surface area contributed by atoms with Gasteiger partial charge in [0.15, 0.2) is 0 Å². The molecule has 4 aromatic rings. The summed E-state index contributed by atoms with van der Waals surface area (Å²) in [6.45, 7) is 3.71. The van der Waals surface area contributed by atoms with Crippen molar-refractivity contribution in [3.05, 3.63) is 94.5 Å². The van der Waals surface area contributed by atoms with Gasteiger partial charge in [-0.15, -0.1) is 0 Å². The number of aromatic nitrogens is 1. The molecule has 3 aromatic carbocycles. The average molecular weight is 456 g/mol. The van der Waals surface area contributed by atoms with Crippen LogP contribution < -0.4 is 0 Å². The molecule has 0 radical (unpaired) electrons. The van der Waals surface area contributed by atoms with E-state index in [1.54, 1.807) is 19.2 Å². The summed E-state index contributed by atoms with van der Waals surface area (Å²) in [7, 11) is 1.60. The number of rotatable bonds is 6. The van der Waals surface area contributed by atoms with E-state index >= 15 is 0 Å². The molecule has 0 fully saturated rings. The zero-order valence-electron chi connectivity index (χ0n) is 19.1. The van der Waals surface area contributed by atoms with Crippen molar-refractivity contribution < 1.29 is 24.5 Å². The van der Waals surface area contributed by atoms with E-state index in [-0.39, 0.29) is 17.4 Å². The molecule has 0 spiro atoms. The van der Waals surface area contributed by atoms with Crippen molar-refractivity contribution >= 4 is 34.2 Å². The minimum Gasteiger partial charge on any atom is -0.494 e. The van der Waals surface area contributed by atoms with E-state index in [1.165, 1.54) is 23.6 Å². The molecule has 1 heterocycles. The third kappa shape index (κ3) is 4.21. The number of nitrogens with zero attached hydrogens (tertiary/aromatic N) is 2. The zero-order chi connectivity index (χ0) is 24.4. The number of carbonyl (C=O) groups excluding carboxylic acids is 1. The highest BCUT2D eigenvalue weighted by molar-refractivity contribution is 6.23. The topological polar surface area (TPSA) is 101 Å². The van der Waals surface area contributed by atoms with Gasteiger partial charge in [-0.25, -0.2) is 9.79 Å². The Balaban J connectivity index is 2.03. The van der Waals surface area contributed by atoms with Crippen LogP contribution >= 0.6 is 0 Å². The van der Waals surface area contributed by atoms with Gasteiger partial charge in [0.05, 0.1) is 34.6 Å². The molecule has 0 saturated heterocycles. The number of benzene rings is 3. The number of carboxylic acid groups (broad SMARTS) is 1. The molecule has 172 valence electrons. The maximum absolute atomic E-state index is 12.5. The first-order valence-electron chi connectivity index (χ1n) is 10.7. The molecule has 0 unspecified atom stereocenters. The molecule has 0 aliphatic carbocycles. The first-order chi connectivity index (χ1) is 16.3. The average Bonchev–Trinajstić information content (AvgIpc) is 3.09. The van der Waals surface area contributed by atoms with E-state index in [2.05, 4.69) is 0 Å². The van der Waals surface area contributed by atoms with Crippen molar-refractivity contribution in [2.45, 2.75) is 20.5 Å². The van der Waals surface area contributed by atoms with Gasteiger partial charge in [0, 0.05) is 25.0 Å². The Hall–Kier alpha value is -4.23. The molecule has 0 amide bonds. The Morgan fingerprint density at radius 1 is 1.00 bits per heavy atom. The van der Waals surface area contributed by atoms with Crippen LogP contribution in [-0.4, -0.2) is 39.5 Å². The number of hydrogen-bond donors (Lipinski definition) is 2. The van der Waals surface area contributed by atoms with Gasteiger partial charge in [0.25, 0.3) is 0 Å². The Morgan fingerprint density at radius 2 is 1.68 bits per heavy atom. The number of carbonyl (C=O) groups is 2. The summed E-state index contributed by atoms with van der Waals surface area (Å²) in [5, 5.41) is 21.1. The normalized spacial score (nSPS) is 11.7. The molecular formula is C27H24N2O5. The summed E-state index contributed by atoms with van der Waals surface area (Å²) in [6.07, 6.45) is 0. The molecule has 0 aliphatic heterocycles. The van der Waals surface area contributed by atoms with E-state index in [4.69, 9.17) is 9.73 Å². The van der Waals surface area contributed by atoms with Crippen molar-refractivity contribution in [2.24, 2.45) is 4.99 Å². The van der Waals surface area contributed by atoms with Gasteiger partial charge < -0.3 is 14.9 Å². The van der Waals surface area contributed by atoms with Crippen LogP contribution in [0.25, 0.3) is 10.9 Å². The maximum atomic E-state index is 12.5. The molecule has 0 atom stereocenters. The highest BCUT2D eigenvalue weighted by Crippen LogP contribution is 2.36. The van der Waals surface area contributed by atoms with Crippen LogP contribution in [0.2, 0.25) is 0 Å². The highest BCUT2D eigenvalue weighted by atomic mass is 16.5. The van der Waals surface area contributed by atoms with Gasteiger partial charge in [-0.3, -0.25) is 9.36 Å². The number of methoxy groups -OCH3 is 1. The predicted octanol–water partition coefficient (Wildman–Crippen LogP) is 5.33. The number of aromatic carboxylic acids is 1.